The molecule has 0 atom stereocenters. The van der Waals surface area contributed by atoms with E-state index >= 15 is 4.39 Å². The van der Waals surface area contributed by atoms with Gasteiger partial charge in [0.2, 0.25) is 0 Å². The number of halogens is 1. The maximum absolute atomic E-state index is 15.3. The van der Waals surface area contributed by atoms with Crippen molar-refractivity contribution in [3.8, 4) is 11.4 Å². The van der Waals surface area contributed by atoms with Gasteiger partial charge in [-0.3, -0.25) is 4.79 Å². The molecule has 0 spiro atoms. The summed E-state index contributed by atoms with van der Waals surface area (Å²) in [6.07, 6.45) is 6.39. The van der Waals surface area contributed by atoms with Crippen LogP contribution < -0.4 is 15.4 Å². The van der Waals surface area contributed by atoms with Gasteiger partial charge in [0.15, 0.2) is 28.8 Å². The summed E-state index contributed by atoms with van der Waals surface area (Å²) in [5, 5.41) is 13.7. The number of ether oxygens (including phenoxy) is 2. The number of anilines is 1. The molecule has 3 heterocycles. The molecule has 0 unspecified atom stereocenters. The Bertz CT molecular complexity index is 1280. The molecule has 2 aromatic heterocycles. The zero-order chi connectivity index (χ0) is 27.1. The third kappa shape index (κ3) is 6.22. The van der Waals surface area contributed by atoms with Crippen LogP contribution >= 0.6 is 0 Å². The predicted molar refractivity (Wildman–Crippen MR) is 136 cm³/mol. The summed E-state index contributed by atoms with van der Waals surface area (Å²) < 4.78 is 26.6. The Morgan fingerprint density at radius 3 is 2.68 bits per heavy atom. The molecule has 1 fully saturated rings. The van der Waals surface area contributed by atoms with E-state index in [0.717, 1.165) is 25.9 Å². The van der Waals surface area contributed by atoms with Gasteiger partial charge in [0.1, 0.15) is 0 Å². The second-order valence-corrected chi connectivity index (χ2v) is 8.91. The molecule has 1 saturated heterocycles. The quantitative estimate of drug-likeness (QED) is 0.378. The Labute approximate surface area is 219 Å². The summed E-state index contributed by atoms with van der Waals surface area (Å²) in [5.41, 5.74) is 0.433. The molecule has 1 aliphatic heterocycles. The first-order valence-corrected chi connectivity index (χ1v) is 12.4. The number of methoxy groups -OCH3 is 1. The van der Waals surface area contributed by atoms with Gasteiger partial charge in [0, 0.05) is 31.0 Å². The summed E-state index contributed by atoms with van der Waals surface area (Å²) in [5.74, 6) is -1.03. The second-order valence-electron chi connectivity index (χ2n) is 8.91. The predicted octanol–water partition coefficient (Wildman–Crippen LogP) is 2.07. The summed E-state index contributed by atoms with van der Waals surface area (Å²) in [7, 11) is 3.45. The van der Waals surface area contributed by atoms with Crippen LogP contribution in [0.15, 0.2) is 30.7 Å². The van der Waals surface area contributed by atoms with Gasteiger partial charge in [0.05, 0.1) is 25.6 Å². The number of nitrogens with one attached hydrogen (secondary N) is 2. The van der Waals surface area contributed by atoms with E-state index in [1.807, 2.05) is 0 Å². The molecule has 12 nitrogen and oxygen atoms in total. The number of piperidine rings is 1. The third-order valence-corrected chi connectivity index (χ3v) is 6.36. The van der Waals surface area contributed by atoms with Crippen LogP contribution in [0.4, 0.5) is 10.2 Å². The van der Waals surface area contributed by atoms with E-state index in [1.54, 1.807) is 13.0 Å². The Morgan fingerprint density at radius 1 is 1.18 bits per heavy atom. The van der Waals surface area contributed by atoms with Gasteiger partial charge >= 0.3 is 5.97 Å². The number of carbonyl (C=O) groups is 2. The van der Waals surface area contributed by atoms with Crippen LogP contribution in [0.1, 0.15) is 46.3 Å². The van der Waals surface area contributed by atoms with Crippen molar-refractivity contribution in [2.24, 2.45) is 5.92 Å². The average molecular weight is 527 g/mol. The van der Waals surface area contributed by atoms with Crippen molar-refractivity contribution >= 4 is 17.7 Å². The van der Waals surface area contributed by atoms with Crippen LogP contribution in [0.25, 0.3) is 5.69 Å². The van der Waals surface area contributed by atoms with E-state index < -0.39 is 17.7 Å². The van der Waals surface area contributed by atoms with Gasteiger partial charge in [-0.2, -0.15) is 0 Å². The molecule has 3 aromatic rings. The minimum Gasteiger partial charge on any atom is -0.494 e. The zero-order valence-corrected chi connectivity index (χ0v) is 21.6. The maximum atomic E-state index is 15.3. The number of benzene rings is 1. The minimum absolute atomic E-state index is 0.0104. The monoisotopic (exact) mass is 526 g/mol. The Kier molecular flexibility index (Phi) is 8.79. The molecule has 202 valence electrons. The summed E-state index contributed by atoms with van der Waals surface area (Å²) in [6, 6.07) is 2.99. The fourth-order valence-electron chi connectivity index (χ4n) is 4.20. The standard InChI is InChI=1S/C25H31FN8O4/c1-4-38-25(36)18-15-34(32-31-18)19-5-6-20(37-3)21(26)17(19)14-30-24(35)22-23(28-10-9-27-22)29-13-16-7-11-33(2)12-8-16/h5-6,9-10,15-16H,4,7-8,11-14H2,1-3H3,(H,28,29)(H,30,35). The van der Waals surface area contributed by atoms with Crippen LogP contribution in [0.2, 0.25) is 0 Å². The van der Waals surface area contributed by atoms with Crippen LogP contribution in [0, 0.1) is 11.7 Å². The molecule has 0 bridgehead atoms. The summed E-state index contributed by atoms with van der Waals surface area (Å²) >= 11 is 0. The van der Waals surface area contributed by atoms with Gasteiger partial charge in [0.25, 0.3) is 5.91 Å². The molecule has 4 rings (SSSR count). The van der Waals surface area contributed by atoms with E-state index in [2.05, 4.69) is 42.9 Å². The first kappa shape index (κ1) is 26.9. The molecule has 2 N–H and O–H groups in total. The second kappa shape index (κ2) is 12.4. The zero-order valence-electron chi connectivity index (χ0n) is 21.6. The first-order valence-electron chi connectivity index (χ1n) is 12.4. The van der Waals surface area contributed by atoms with Gasteiger partial charge in [-0.25, -0.2) is 23.8 Å². The van der Waals surface area contributed by atoms with Crippen LogP contribution in [0.5, 0.6) is 5.75 Å². The topological polar surface area (TPSA) is 136 Å². The lowest BCUT2D eigenvalue weighted by Gasteiger charge is -2.29. The number of aromatic nitrogens is 5. The van der Waals surface area contributed by atoms with E-state index in [4.69, 9.17) is 9.47 Å². The fraction of sp³-hybridized carbons (Fsp3) is 0.440. The molecule has 0 saturated carbocycles. The van der Waals surface area contributed by atoms with Gasteiger partial charge < -0.3 is 25.0 Å². The summed E-state index contributed by atoms with van der Waals surface area (Å²) in [6.45, 7) is 4.38. The van der Waals surface area contributed by atoms with Crippen LogP contribution in [0.3, 0.4) is 0 Å². The molecule has 1 aliphatic rings. The van der Waals surface area contributed by atoms with Crippen molar-refractivity contribution in [1.82, 2.24) is 35.2 Å². The fourth-order valence-corrected chi connectivity index (χ4v) is 4.20. The number of esters is 1. The maximum Gasteiger partial charge on any atom is 0.360 e. The highest BCUT2D eigenvalue weighted by molar-refractivity contribution is 5.96. The van der Waals surface area contributed by atoms with E-state index in [1.165, 1.54) is 36.4 Å². The largest absolute Gasteiger partial charge is 0.494 e. The van der Waals surface area contributed by atoms with Crippen molar-refractivity contribution in [2.75, 3.05) is 45.7 Å². The average Bonchev–Trinajstić information content (AvgIpc) is 3.42. The van der Waals surface area contributed by atoms with Crippen molar-refractivity contribution in [3.05, 3.63) is 53.5 Å². The lowest BCUT2D eigenvalue weighted by atomic mass is 9.97. The SMILES string of the molecule is CCOC(=O)c1cn(-c2ccc(OC)c(F)c2CNC(=O)c2nccnc2NCC2CCN(C)CC2)nn1. The number of nitrogens with zero attached hydrogens (tertiary/aromatic N) is 6. The Hall–Kier alpha value is -4.13. The smallest absolute Gasteiger partial charge is 0.360 e. The van der Waals surface area contributed by atoms with E-state index in [-0.39, 0.29) is 41.5 Å². The normalized spacial score (nSPS) is 14.2. The molecule has 38 heavy (non-hydrogen) atoms. The van der Waals surface area contributed by atoms with Crippen molar-refractivity contribution in [3.63, 3.8) is 0 Å². The highest BCUT2D eigenvalue weighted by Crippen LogP contribution is 2.26. The van der Waals surface area contributed by atoms with E-state index in [9.17, 15) is 9.59 Å². The molecule has 0 radical (unpaired) electrons. The number of carbonyl (C=O) groups excluding carboxylic acids is 2. The Balaban J connectivity index is 1.51. The molecule has 1 amide bonds. The van der Waals surface area contributed by atoms with Crippen molar-refractivity contribution < 1.29 is 23.5 Å². The molecule has 1 aromatic carbocycles. The molecular formula is C25H31FN8O4. The van der Waals surface area contributed by atoms with Gasteiger partial charge in [-0.15, -0.1) is 5.10 Å². The van der Waals surface area contributed by atoms with Crippen LogP contribution in [-0.4, -0.2) is 82.1 Å². The lowest BCUT2D eigenvalue weighted by molar-refractivity contribution is 0.0519. The molecule has 13 heteroatoms. The highest BCUT2D eigenvalue weighted by atomic mass is 19.1. The molecular weight excluding hydrogens is 495 g/mol. The first-order chi connectivity index (χ1) is 18.4. The number of hydrogen-bond acceptors (Lipinski definition) is 10. The number of hydrogen-bond donors (Lipinski definition) is 2. The van der Waals surface area contributed by atoms with E-state index in [0.29, 0.717) is 18.3 Å². The highest BCUT2D eigenvalue weighted by Gasteiger charge is 2.22. The number of likely N-dealkylation sites (tertiary alicyclic amines) is 1. The number of rotatable bonds is 10. The van der Waals surface area contributed by atoms with Gasteiger partial charge in [-0.05, 0) is 58.0 Å². The van der Waals surface area contributed by atoms with Crippen LogP contribution in [-0.2, 0) is 11.3 Å². The molecule has 0 aliphatic carbocycles. The van der Waals surface area contributed by atoms with Crippen molar-refractivity contribution in [1.29, 1.82) is 0 Å². The number of amides is 1. The Morgan fingerprint density at radius 2 is 1.95 bits per heavy atom. The third-order valence-electron chi connectivity index (χ3n) is 6.36. The minimum atomic E-state index is -0.682. The lowest BCUT2D eigenvalue weighted by Crippen LogP contribution is -2.33. The van der Waals surface area contributed by atoms with Gasteiger partial charge in [-0.1, -0.05) is 5.21 Å². The summed E-state index contributed by atoms with van der Waals surface area (Å²) in [4.78, 5) is 35.9. The van der Waals surface area contributed by atoms with Crippen molar-refractivity contribution in [2.45, 2.75) is 26.3 Å².